The number of hydrogen-bond acceptors (Lipinski definition) is 1. The first-order chi connectivity index (χ1) is 8.56. The molecular weight excluding hydrogens is 340 g/mol. The molecule has 2 aromatic carbocycles. The highest BCUT2D eigenvalue weighted by atomic mass is 127. The smallest absolute Gasteiger partial charge is 0.123 e. The van der Waals surface area contributed by atoms with Gasteiger partial charge in [0.15, 0.2) is 0 Å². The highest BCUT2D eigenvalue weighted by Crippen LogP contribution is 2.20. The van der Waals surface area contributed by atoms with Gasteiger partial charge in [-0.2, -0.15) is 0 Å². The summed E-state index contributed by atoms with van der Waals surface area (Å²) >= 11 is 2.26. The molecule has 1 unspecified atom stereocenters. The van der Waals surface area contributed by atoms with Crippen LogP contribution in [0.4, 0.5) is 4.39 Å². The molecule has 1 atom stereocenters. The number of rotatable bonds is 3. The first-order valence-electron chi connectivity index (χ1n) is 5.82. The molecule has 0 radical (unpaired) electrons. The van der Waals surface area contributed by atoms with E-state index in [9.17, 15) is 4.39 Å². The van der Waals surface area contributed by atoms with E-state index in [4.69, 9.17) is 5.73 Å². The molecular formula is C15H15FIN. The molecule has 2 rings (SSSR count). The molecule has 0 aromatic heterocycles. The molecule has 2 N–H and O–H groups in total. The number of benzene rings is 2. The van der Waals surface area contributed by atoms with Crippen molar-refractivity contribution in [2.45, 2.75) is 19.4 Å². The second-order valence-corrected chi connectivity index (χ2v) is 5.68. The van der Waals surface area contributed by atoms with Gasteiger partial charge < -0.3 is 5.73 Å². The molecule has 0 spiro atoms. The summed E-state index contributed by atoms with van der Waals surface area (Å²) in [5.41, 5.74) is 9.31. The minimum Gasteiger partial charge on any atom is -0.324 e. The second kappa shape index (κ2) is 5.80. The van der Waals surface area contributed by atoms with Gasteiger partial charge in [0, 0.05) is 9.61 Å². The number of nitrogens with two attached hydrogens (primary N) is 1. The maximum Gasteiger partial charge on any atom is 0.123 e. The van der Waals surface area contributed by atoms with Crippen LogP contribution in [0.3, 0.4) is 0 Å². The molecule has 0 bridgehead atoms. The van der Waals surface area contributed by atoms with Crippen LogP contribution in [0.15, 0.2) is 42.5 Å². The summed E-state index contributed by atoms with van der Waals surface area (Å²) in [5, 5.41) is 0. The summed E-state index contributed by atoms with van der Waals surface area (Å²) in [4.78, 5) is 0. The Morgan fingerprint density at radius 1 is 1.17 bits per heavy atom. The zero-order valence-electron chi connectivity index (χ0n) is 10.2. The monoisotopic (exact) mass is 355 g/mol. The van der Waals surface area contributed by atoms with Gasteiger partial charge in [-0.25, -0.2) is 4.39 Å². The molecule has 0 fully saturated rings. The van der Waals surface area contributed by atoms with Gasteiger partial charge in [-0.15, -0.1) is 0 Å². The largest absolute Gasteiger partial charge is 0.324 e. The summed E-state index contributed by atoms with van der Waals surface area (Å²) in [6.07, 6.45) is 0.657. The third-order valence-electron chi connectivity index (χ3n) is 3.05. The lowest BCUT2D eigenvalue weighted by Gasteiger charge is -2.14. The van der Waals surface area contributed by atoms with E-state index < -0.39 is 0 Å². The first-order valence-corrected chi connectivity index (χ1v) is 6.90. The first kappa shape index (κ1) is 13.5. The van der Waals surface area contributed by atoms with Crippen molar-refractivity contribution in [1.82, 2.24) is 0 Å². The van der Waals surface area contributed by atoms with Crippen LogP contribution in [0.5, 0.6) is 0 Å². The van der Waals surface area contributed by atoms with Gasteiger partial charge in [0.1, 0.15) is 5.82 Å². The van der Waals surface area contributed by atoms with Crippen molar-refractivity contribution in [3.63, 3.8) is 0 Å². The zero-order chi connectivity index (χ0) is 13.1. The van der Waals surface area contributed by atoms with E-state index in [1.165, 1.54) is 9.64 Å². The molecule has 0 aliphatic heterocycles. The summed E-state index contributed by atoms with van der Waals surface area (Å²) in [6, 6.07) is 12.9. The van der Waals surface area contributed by atoms with E-state index in [1.54, 1.807) is 12.1 Å². The summed E-state index contributed by atoms with van der Waals surface area (Å²) < 4.78 is 14.4. The molecule has 94 valence electrons. The Balaban J connectivity index is 2.18. The Morgan fingerprint density at radius 3 is 2.50 bits per heavy atom. The van der Waals surface area contributed by atoms with Crippen molar-refractivity contribution in [2.24, 2.45) is 5.73 Å². The van der Waals surface area contributed by atoms with Gasteiger partial charge in [-0.3, -0.25) is 0 Å². The van der Waals surface area contributed by atoms with Gasteiger partial charge in [-0.1, -0.05) is 18.2 Å². The Hall–Kier alpha value is -0.940. The highest BCUT2D eigenvalue weighted by molar-refractivity contribution is 14.1. The van der Waals surface area contributed by atoms with Crippen LogP contribution >= 0.6 is 22.6 Å². The van der Waals surface area contributed by atoms with Crippen molar-refractivity contribution >= 4 is 22.6 Å². The maximum absolute atomic E-state index is 13.2. The van der Waals surface area contributed by atoms with Gasteiger partial charge in [0.2, 0.25) is 0 Å². The van der Waals surface area contributed by atoms with Crippen molar-refractivity contribution in [2.75, 3.05) is 0 Å². The molecule has 0 aliphatic carbocycles. The SMILES string of the molecule is Cc1ccc(F)cc1CC(N)c1ccc(I)cc1. The van der Waals surface area contributed by atoms with Crippen LogP contribution in [0.2, 0.25) is 0 Å². The number of halogens is 2. The number of hydrogen-bond donors (Lipinski definition) is 1. The van der Waals surface area contributed by atoms with Crippen LogP contribution in [0.1, 0.15) is 22.7 Å². The predicted octanol–water partition coefficient (Wildman–Crippen LogP) is 3.98. The van der Waals surface area contributed by atoms with E-state index in [0.29, 0.717) is 6.42 Å². The molecule has 0 saturated heterocycles. The molecule has 0 aliphatic rings. The lowest BCUT2D eigenvalue weighted by Crippen LogP contribution is -2.14. The normalized spacial score (nSPS) is 12.4. The summed E-state index contributed by atoms with van der Waals surface area (Å²) in [7, 11) is 0. The molecule has 18 heavy (non-hydrogen) atoms. The van der Waals surface area contributed by atoms with E-state index in [0.717, 1.165) is 16.7 Å². The average Bonchev–Trinajstić information content (AvgIpc) is 2.34. The van der Waals surface area contributed by atoms with Crippen LogP contribution in [-0.2, 0) is 6.42 Å². The fourth-order valence-corrected chi connectivity index (χ4v) is 2.28. The number of aryl methyl sites for hydroxylation is 1. The third kappa shape index (κ3) is 3.29. The van der Waals surface area contributed by atoms with Crippen LogP contribution < -0.4 is 5.73 Å². The minimum absolute atomic E-state index is 0.0949. The Kier molecular flexibility index (Phi) is 4.35. The summed E-state index contributed by atoms with van der Waals surface area (Å²) in [6.45, 7) is 1.98. The minimum atomic E-state index is -0.203. The van der Waals surface area contributed by atoms with Crippen molar-refractivity contribution in [1.29, 1.82) is 0 Å². The molecule has 3 heteroatoms. The van der Waals surface area contributed by atoms with Crippen LogP contribution in [0, 0.1) is 16.3 Å². The zero-order valence-corrected chi connectivity index (χ0v) is 12.3. The molecule has 0 amide bonds. The Morgan fingerprint density at radius 2 is 1.83 bits per heavy atom. The van der Waals surface area contributed by atoms with Crippen LogP contribution in [-0.4, -0.2) is 0 Å². The van der Waals surface area contributed by atoms with Crippen LogP contribution in [0.25, 0.3) is 0 Å². The van der Waals surface area contributed by atoms with E-state index in [1.807, 2.05) is 31.2 Å². The Labute approximate surface area is 120 Å². The lowest BCUT2D eigenvalue weighted by atomic mass is 9.97. The molecule has 1 nitrogen and oxygen atoms in total. The topological polar surface area (TPSA) is 26.0 Å². The molecule has 0 saturated carbocycles. The molecule has 0 heterocycles. The quantitative estimate of drug-likeness (QED) is 0.829. The van der Waals surface area contributed by atoms with Gasteiger partial charge in [0.05, 0.1) is 0 Å². The van der Waals surface area contributed by atoms with E-state index in [2.05, 4.69) is 22.6 Å². The molecule has 2 aromatic rings. The van der Waals surface area contributed by atoms with Crippen molar-refractivity contribution in [3.8, 4) is 0 Å². The maximum atomic E-state index is 13.2. The van der Waals surface area contributed by atoms with Gasteiger partial charge in [0.25, 0.3) is 0 Å². The van der Waals surface area contributed by atoms with Gasteiger partial charge >= 0.3 is 0 Å². The van der Waals surface area contributed by atoms with Crippen molar-refractivity contribution in [3.05, 3.63) is 68.5 Å². The second-order valence-electron chi connectivity index (χ2n) is 4.43. The standard InChI is InChI=1S/C15H15FIN/c1-10-2-5-13(16)8-12(10)9-15(18)11-3-6-14(17)7-4-11/h2-8,15H,9,18H2,1H3. The summed E-state index contributed by atoms with van der Waals surface area (Å²) in [5.74, 6) is -0.203. The lowest BCUT2D eigenvalue weighted by molar-refractivity contribution is 0.621. The fraction of sp³-hybridized carbons (Fsp3) is 0.200. The highest BCUT2D eigenvalue weighted by Gasteiger charge is 2.09. The van der Waals surface area contributed by atoms with E-state index >= 15 is 0 Å². The third-order valence-corrected chi connectivity index (χ3v) is 3.77. The van der Waals surface area contributed by atoms with Crippen molar-refractivity contribution < 1.29 is 4.39 Å². The Bertz CT molecular complexity index is 537. The van der Waals surface area contributed by atoms with E-state index in [-0.39, 0.29) is 11.9 Å². The predicted molar refractivity (Wildman–Crippen MR) is 80.9 cm³/mol. The average molecular weight is 355 g/mol. The fourth-order valence-electron chi connectivity index (χ4n) is 1.92. The van der Waals surface area contributed by atoms with Gasteiger partial charge in [-0.05, 0) is 76.9 Å².